The number of amides is 1. The Kier molecular flexibility index (Phi) is 5.01. The van der Waals surface area contributed by atoms with E-state index in [9.17, 15) is 4.79 Å². The summed E-state index contributed by atoms with van der Waals surface area (Å²) in [5.74, 6) is 0.847. The van der Waals surface area contributed by atoms with Crippen molar-refractivity contribution in [2.45, 2.75) is 45.1 Å². The van der Waals surface area contributed by atoms with Gasteiger partial charge in [0.1, 0.15) is 0 Å². The van der Waals surface area contributed by atoms with Crippen molar-refractivity contribution in [3.63, 3.8) is 0 Å². The number of hydrogen-bond donors (Lipinski definition) is 2. The maximum Gasteiger partial charge on any atom is 0.224 e. The van der Waals surface area contributed by atoms with E-state index in [0.29, 0.717) is 5.92 Å². The molecule has 2 rings (SSSR count). The number of carbonyl (C=O) groups excluding carboxylic acids is 1. The highest BCUT2D eigenvalue weighted by atomic mass is 16.1. The second-order valence-corrected chi connectivity index (χ2v) is 6.03. The van der Waals surface area contributed by atoms with Gasteiger partial charge in [0, 0.05) is 19.1 Å². The molecule has 1 saturated heterocycles. The third kappa shape index (κ3) is 3.69. The molecule has 3 N–H and O–H groups in total. The zero-order chi connectivity index (χ0) is 13.0. The van der Waals surface area contributed by atoms with Crippen molar-refractivity contribution in [1.82, 2.24) is 10.2 Å². The van der Waals surface area contributed by atoms with Crippen molar-refractivity contribution in [3.8, 4) is 0 Å². The summed E-state index contributed by atoms with van der Waals surface area (Å²) < 4.78 is 0. The van der Waals surface area contributed by atoms with Crippen LogP contribution in [0.2, 0.25) is 0 Å². The van der Waals surface area contributed by atoms with E-state index in [4.69, 9.17) is 5.73 Å². The van der Waals surface area contributed by atoms with Gasteiger partial charge in [0.25, 0.3) is 0 Å². The molecule has 1 aliphatic heterocycles. The molecule has 0 bridgehead atoms. The molecule has 1 aliphatic carbocycles. The van der Waals surface area contributed by atoms with Gasteiger partial charge in [-0.1, -0.05) is 6.92 Å². The van der Waals surface area contributed by atoms with E-state index in [1.807, 2.05) is 0 Å². The van der Waals surface area contributed by atoms with Crippen molar-refractivity contribution in [2.75, 3.05) is 26.2 Å². The summed E-state index contributed by atoms with van der Waals surface area (Å²) in [4.78, 5) is 14.5. The first kappa shape index (κ1) is 13.8. The molecular weight excluding hydrogens is 226 g/mol. The van der Waals surface area contributed by atoms with Gasteiger partial charge in [-0.25, -0.2) is 0 Å². The van der Waals surface area contributed by atoms with Crippen LogP contribution in [-0.4, -0.2) is 43.0 Å². The van der Waals surface area contributed by atoms with Gasteiger partial charge < -0.3 is 16.0 Å². The average molecular weight is 253 g/mol. The second-order valence-electron chi connectivity index (χ2n) is 6.03. The van der Waals surface area contributed by atoms with Gasteiger partial charge in [0.15, 0.2) is 0 Å². The predicted octanol–water partition coefficient (Wildman–Crippen LogP) is 0.962. The highest BCUT2D eigenvalue weighted by Gasteiger charge is 2.31. The van der Waals surface area contributed by atoms with Crippen LogP contribution in [0.3, 0.4) is 0 Å². The standard InChI is InChI=1S/C14H27N3O/c1-11-4-5-13(15)12(10-11)14(18)16-6-9-17-7-2-3-8-17/h11-13H,2-10,15H2,1H3,(H,16,18). The first-order valence-electron chi connectivity index (χ1n) is 7.42. The Morgan fingerprint density at radius 1 is 1.33 bits per heavy atom. The molecule has 0 radical (unpaired) electrons. The molecule has 0 aromatic carbocycles. The number of rotatable bonds is 4. The van der Waals surface area contributed by atoms with E-state index in [1.54, 1.807) is 0 Å². The Labute approximate surface area is 110 Å². The summed E-state index contributed by atoms with van der Waals surface area (Å²) >= 11 is 0. The number of likely N-dealkylation sites (tertiary alicyclic amines) is 1. The van der Waals surface area contributed by atoms with Crippen molar-refractivity contribution >= 4 is 5.91 Å². The third-order valence-corrected chi connectivity index (χ3v) is 4.43. The van der Waals surface area contributed by atoms with E-state index in [-0.39, 0.29) is 17.9 Å². The molecule has 1 heterocycles. The largest absolute Gasteiger partial charge is 0.355 e. The number of carbonyl (C=O) groups is 1. The Morgan fingerprint density at radius 2 is 2.06 bits per heavy atom. The van der Waals surface area contributed by atoms with E-state index in [1.165, 1.54) is 32.4 Å². The summed E-state index contributed by atoms with van der Waals surface area (Å²) in [7, 11) is 0. The van der Waals surface area contributed by atoms with Crippen LogP contribution in [0, 0.1) is 11.8 Å². The zero-order valence-corrected chi connectivity index (χ0v) is 11.5. The van der Waals surface area contributed by atoms with E-state index in [2.05, 4.69) is 17.1 Å². The molecule has 3 unspecified atom stereocenters. The lowest BCUT2D eigenvalue weighted by molar-refractivity contribution is -0.127. The fourth-order valence-electron chi connectivity index (χ4n) is 3.18. The Hall–Kier alpha value is -0.610. The third-order valence-electron chi connectivity index (χ3n) is 4.43. The molecule has 3 atom stereocenters. The van der Waals surface area contributed by atoms with E-state index < -0.39 is 0 Å². The Balaban J connectivity index is 1.69. The highest BCUT2D eigenvalue weighted by molar-refractivity contribution is 5.79. The monoisotopic (exact) mass is 253 g/mol. The van der Waals surface area contributed by atoms with Crippen molar-refractivity contribution < 1.29 is 4.79 Å². The predicted molar refractivity (Wildman–Crippen MR) is 73.2 cm³/mol. The summed E-state index contributed by atoms with van der Waals surface area (Å²) in [6.45, 7) is 6.36. The maximum atomic E-state index is 12.1. The van der Waals surface area contributed by atoms with Crippen molar-refractivity contribution in [2.24, 2.45) is 17.6 Å². The van der Waals surface area contributed by atoms with Crippen LogP contribution in [0.25, 0.3) is 0 Å². The molecule has 4 nitrogen and oxygen atoms in total. The molecule has 2 aliphatic rings. The lowest BCUT2D eigenvalue weighted by Crippen LogP contribution is -2.46. The normalized spacial score (nSPS) is 33.6. The maximum absolute atomic E-state index is 12.1. The number of nitrogens with two attached hydrogens (primary N) is 1. The summed E-state index contributed by atoms with van der Waals surface area (Å²) in [5, 5.41) is 3.07. The smallest absolute Gasteiger partial charge is 0.224 e. The number of hydrogen-bond acceptors (Lipinski definition) is 3. The summed E-state index contributed by atoms with van der Waals surface area (Å²) in [6.07, 6.45) is 5.72. The molecule has 2 fully saturated rings. The zero-order valence-electron chi connectivity index (χ0n) is 11.5. The fourth-order valence-corrected chi connectivity index (χ4v) is 3.18. The minimum Gasteiger partial charge on any atom is -0.355 e. The lowest BCUT2D eigenvalue weighted by atomic mass is 9.79. The molecule has 18 heavy (non-hydrogen) atoms. The quantitative estimate of drug-likeness (QED) is 0.784. The first-order chi connectivity index (χ1) is 8.66. The lowest BCUT2D eigenvalue weighted by Gasteiger charge is -2.31. The van der Waals surface area contributed by atoms with Crippen LogP contribution >= 0.6 is 0 Å². The summed E-state index contributed by atoms with van der Waals surface area (Å²) in [5.41, 5.74) is 6.06. The van der Waals surface area contributed by atoms with E-state index in [0.717, 1.165) is 25.9 Å². The molecule has 104 valence electrons. The van der Waals surface area contributed by atoms with Crippen LogP contribution in [0.4, 0.5) is 0 Å². The first-order valence-corrected chi connectivity index (χ1v) is 7.42. The van der Waals surface area contributed by atoms with Gasteiger partial charge >= 0.3 is 0 Å². The number of nitrogens with one attached hydrogen (secondary N) is 1. The van der Waals surface area contributed by atoms with E-state index >= 15 is 0 Å². The minimum absolute atomic E-state index is 0.0346. The molecule has 1 amide bonds. The molecule has 1 saturated carbocycles. The molecule has 0 aromatic heterocycles. The van der Waals surface area contributed by atoms with Gasteiger partial charge in [0.05, 0.1) is 5.92 Å². The Morgan fingerprint density at radius 3 is 2.78 bits per heavy atom. The molecular formula is C14H27N3O. The second kappa shape index (κ2) is 6.53. The van der Waals surface area contributed by atoms with Crippen LogP contribution in [0.15, 0.2) is 0 Å². The van der Waals surface area contributed by atoms with Gasteiger partial charge in [-0.05, 0) is 51.1 Å². The van der Waals surface area contributed by atoms with Crippen LogP contribution in [0.5, 0.6) is 0 Å². The summed E-state index contributed by atoms with van der Waals surface area (Å²) in [6, 6.07) is 0.0630. The van der Waals surface area contributed by atoms with Gasteiger partial charge in [-0.15, -0.1) is 0 Å². The number of nitrogens with zero attached hydrogens (tertiary/aromatic N) is 1. The van der Waals surface area contributed by atoms with Crippen molar-refractivity contribution in [1.29, 1.82) is 0 Å². The van der Waals surface area contributed by atoms with Gasteiger partial charge in [-0.2, -0.15) is 0 Å². The van der Waals surface area contributed by atoms with Crippen LogP contribution in [-0.2, 0) is 4.79 Å². The Bertz CT molecular complexity index is 276. The highest BCUT2D eigenvalue weighted by Crippen LogP contribution is 2.27. The minimum atomic E-state index is 0.0346. The molecule has 0 aromatic rings. The molecule has 4 heteroatoms. The average Bonchev–Trinajstić information content (AvgIpc) is 2.85. The van der Waals surface area contributed by atoms with Crippen LogP contribution < -0.4 is 11.1 Å². The van der Waals surface area contributed by atoms with Gasteiger partial charge in [-0.3, -0.25) is 4.79 Å². The molecule has 0 spiro atoms. The fraction of sp³-hybridized carbons (Fsp3) is 0.929. The topological polar surface area (TPSA) is 58.4 Å². The van der Waals surface area contributed by atoms with Gasteiger partial charge in [0.2, 0.25) is 5.91 Å². The van der Waals surface area contributed by atoms with Crippen LogP contribution in [0.1, 0.15) is 39.0 Å². The SMILES string of the molecule is CC1CCC(N)C(C(=O)NCCN2CCCC2)C1. The van der Waals surface area contributed by atoms with Crippen molar-refractivity contribution in [3.05, 3.63) is 0 Å².